The van der Waals surface area contributed by atoms with Crippen molar-refractivity contribution in [2.45, 2.75) is 23.5 Å². The van der Waals surface area contributed by atoms with E-state index in [0.29, 0.717) is 0 Å². The van der Waals surface area contributed by atoms with Crippen molar-refractivity contribution in [2.75, 3.05) is 19.5 Å². The van der Waals surface area contributed by atoms with Gasteiger partial charge in [0, 0.05) is 10.6 Å². The summed E-state index contributed by atoms with van der Waals surface area (Å²) in [7, 11) is 1.66. The summed E-state index contributed by atoms with van der Waals surface area (Å²) in [5.74, 6) is 1.10. The second-order valence-electron chi connectivity index (χ2n) is 3.96. The number of alkyl halides is 1. The number of nitrogens with one attached hydrogen (secondary N) is 1. The van der Waals surface area contributed by atoms with E-state index < -0.39 is 18.8 Å². The van der Waals surface area contributed by atoms with E-state index in [1.807, 2.05) is 18.2 Å². The van der Waals surface area contributed by atoms with E-state index >= 15 is 0 Å². The molecule has 2 rings (SSSR count). The minimum atomic E-state index is -0.776. The maximum absolute atomic E-state index is 12.6. The normalized spacial score (nSPS) is 18.2. The zero-order valence-corrected chi connectivity index (χ0v) is 10.1. The Balaban J connectivity index is 2.20. The van der Waals surface area contributed by atoms with Gasteiger partial charge in [-0.2, -0.15) is 0 Å². The molecule has 0 spiro atoms. The van der Waals surface area contributed by atoms with Crippen LogP contribution in [0.5, 0.6) is 0 Å². The van der Waals surface area contributed by atoms with Gasteiger partial charge in [0.1, 0.15) is 6.67 Å². The van der Waals surface area contributed by atoms with Crippen LogP contribution in [-0.2, 0) is 6.42 Å². The van der Waals surface area contributed by atoms with E-state index in [1.165, 1.54) is 10.5 Å². The lowest BCUT2D eigenvalue weighted by molar-refractivity contribution is 0.117. The average Bonchev–Trinajstić information content (AvgIpc) is 2.77. The Morgan fingerprint density at radius 1 is 1.56 bits per heavy atom. The van der Waals surface area contributed by atoms with Gasteiger partial charge in [0.15, 0.2) is 0 Å². The number of benzene rings is 1. The van der Waals surface area contributed by atoms with Crippen molar-refractivity contribution in [3.05, 3.63) is 29.3 Å². The highest BCUT2D eigenvalue weighted by Crippen LogP contribution is 2.33. The lowest BCUT2D eigenvalue weighted by Crippen LogP contribution is -2.34. The van der Waals surface area contributed by atoms with Gasteiger partial charge < -0.3 is 10.4 Å². The number of thioether (sulfide) groups is 1. The van der Waals surface area contributed by atoms with Crippen LogP contribution in [-0.4, -0.2) is 30.6 Å². The molecule has 1 aliphatic rings. The van der Waals surface area contributed by atoms with Crippen molar-refractivity contribution >= 4 is 11.8 Å². The van der Waals surface area contributed by atoms with Crippen LogP contribution in [0.1, 0.15) is 17.2 Å². The van der Waals surface area contributed by atoms with Crippen LogP contribution in [0.15, 0.2) is 23.1 Å². The molecule has 1 heterocycles. The SMILES string of the molecule is CNC(CF)C(O)c1ccc2c(c1)SCC2. The van der Waals surface area contributed by atoms with E-state index in [9.17, 15) is 9.50 Å². The summed E-state index contributed by atoms with van der Waals surface area (Å²) in [6.07, 6.45) is 0.316. The number of rotatable bonds is 4. The van der Waals surface area contributed by atoms with Gasteiger partial charge in [0.2, 0.25) is 0 Å². The Hall–Kier alpha value is -0.580. The van der Waals surface area contributed by atoms with Crippen molar-refractivity contribution < 1.29 is 9.50 Å². The van der Waals surface area contributed by atoms with Crippen molar-refractivity contribution in [1.82, 2.24) is 5.32 Å². The first-order chi connectivity index (χ1) is 7.76. The van der Waals surface area contributed by atoms with Crippen LogP contribution in [0.4, 0.5) is 4.39 Å². The summed E-state index contributed by atoms with van der Waals surface area (Å²) in [4.78, 5) is 1.23. The van der Waals surface area contributed by atoms with Crippen molar-refractivity contribution in [3.8, 4) is 0 Å². The van der Waals surface area contributed by atoms with Crippen molar-refractivity contribution in [3.63, 3.8) is 0 Å². The topological polar surface area (TPSA) is 32.3 Å². The molecular formula is C12H16FNOS. The Morgan fingerprint density at radius 3 is 3.06 bits per heavy atom. The Labute approximate surface area is 99.2 Å². The maximum Gasteiger partial charge on any atom is 0.108 e. The molecule has 4 heteroatoms. The van der Waals surface area contributed by atoms with Gasteiger partial charge in [-0.25, -0.2) is 4.39 Å². The number of hydrogen-bond acceptors (Lipinski definition) is 3. The molecule has 88 valence electrons. The van der Waals surface area contributed by atoms with Crippen molar-refractivity contribution in [2.24, 2.45) is 0 Å². The summed E-state index contributed by atoms with van der Waals surface area (Å²) in [6.45, 7) is -0.568. The highest BCUT2D eigenvalue weighted by molar-refractivity contribution is 7.99. The van der Waals surface area contributed by atoms with Gasteiger partial charge in [0.25, 0.3) is 0 Å². The zero-order chi connectivity index (χ0) is 11.5. The number of aliphatic hydroxyl groups is 1. The molecule has 2 atom stereocenters. The van der Waals surface area contributed by atoms with E-state index in [4.69, 9.17) is 0 Å². The van der Waals surface area contributed by atoms with Crippen LogP contribution >= 0.6 is 11.8 Å². The molecular weight excluding hydrogens is 225 g/mol. The average molecular weight is 241 g/mol. The quantitative estimate of drug-likeness (QED) is 0.845. The molecule has 0 bridgehead atoms. The van der Waals surface area contributed by atoms with Gasteiger partial charge in [-0.3, -0.25) is 0 Å². The molecule has 0 saturated heterocycles. The molecule has 1 aromatic rings. The smallest absolute Gasteiger partial charge is 0.108 e. The minimum absolute atomic E-state index is 0.524. The van der Waals surface area contributed by atoms with E-state index in [1.54, 1.807) is 18.8 Å². The first-order valence-electron chi connectivity index (χ1n) is 5.43. The standard InChI is InChI=1S/C12H16FNOS/c1-14-10(7-13)12(15)9-3-2-8-4-5-16-11(8)6-9/h2-3,6,10,12,14-15H,4-5,7H2,1H3. The summed E-state index contributed by atoms with van der Waals surface area (Å²) in [5, 5.41) is 12.8. The van der Waals surface area contributed by atoms with Crippen LogP contribution in [0.2, 0.25) is 0 Å². The van der Waals surface area contributed by atoms with Crippen LogP contribution < -0.4 is 5.32 Å². The maximum atomic E-state index is 12.6. The van der Waals surface area contributed by atoms with Gasteiger partial charge in [-0.05, 0) is 30.7 Å². The predicted octanol–water partition coefficient (Wildman–Crippen LogP) is 1.93. The molecule has 1 aromatic carbocycles. The van der Waals surface area contributed by atoms with Gasteiger partial charge in [-0.15, -0.1) is 11.8 Å². The molecule has 2 nitrogen and oxygen atoms in total. The number of hydrogen-bond donors (Lipinski definition) is 2. The Morgan fingerprint density at radius 2 is 2.38 bits per heavy atom. The number of aryl methyl sites for hydroxylation is 1. The molecule has 2 unspecified atom stereocenters. The molecule has 0 fully saturated rings. The van der Waals surface area contributed by atoms with E-state index in [2.05, 4.69) is 5.32 Å². The first-order valence-corrected chi connectivity index (χ1v) is 6.41. The molecule has 0 aromatic heterocycles. The summed E-state index contributed by atoms with van der Waals surface area (Å²) >= 11 is 1.80. The second-order valence-corrected chi connectivity index (χ2v) is 5.10. The van der Waals surface area contributed by atoms with Crippen LogP contribution in [0, 0.1) is 0 Å². The lowest BCUT2D eigenvalue weighted by atomic mass is 10.0. The highest BCUT2D eigenvalue weighted by atomic mass is 32.2. The predicted molar refractivity (Wildman–Crippen MR) is 64.7 cm³/mol. The van der Waals surface area contributed by atoms with E-state index in [-0.39, 0.29) is 0 Å². The third-order valence-electron chi connectivity index (χ3n) is 2.98. The number of likely N-dealkylation sites (N-methyl/N-ethyl adjacent to an activating group) is 1. The first kappa shape index (κ1) is 11.9. The molecule has 1 aliphatic heterocycles. The largest absolute Gasteiger partial charge is 0.387 e. The molecule has 16 heavy (non-hydrogen) atoms. The van der Waals surface area contributed by atoms with Gasteiger partial charge in [0.05, 0.1) is 12.1 Å². The number of aliphatic hydroxyl groups excluding tert-OH is 1. The number of halogens is 1. The monoisotopic (exact) mass is 241 g/mol. The minimum Gasteiger partial charge on any atom is -0.387 e. The van der Waals surface area contributed by atoms with Crippen LogP contribution in [0.25, 0.3) is 0 Å². The fraction of sp³-hybridized carbons (Fsp3) is 0.500. The third kappa shape index (κ3) is 2.24. The highest BCUT2D eigenvalue weighted by Gasteiger charge is 2.21. The summed E-state index contributed by atoms with van der Waals surface area (Å²) in [6, 6.07) is 5.40. The fourth-order valence-electron chi connectivity index (χ4n) is 1.92. The van der Waals surface area contributed by atoms with E-state index in [0.717, 1.165) is 17.7 Å². The van der Waals surface area contributed by atoms with Gasteiger partial charge in [-0.1, -0.05) is 12.1 Å². The number of fused-ring (bicyclic) bond motifs is 1. The van der Waals surface area contributed by atoms with Gasteiger partial charge >= 0.3 is 0 Å². The fourth-order valence-corrected chi connectivity index (χ4v) is 3.04. The molecule has 0 saturated carbocycles. The zero-order valence-electron chi connectivity index (χ0n) is 9.24. The Kier molecular flexibility index (Phi) is 3.84. The lowest BCUT2D eigenvalue weighted by Gasteiger charge is -2.20. The molecule has 0 aliphatic carbocycles. The van der Waals surface area contributed by atoms with Crippen molar-refractivity contribution in [1.29, 1.82) is 0 Å². The van der Waals surface area contributed by atoms with Crippen LogP contribution in [0.3, 0.4) is 0 Å². The molecule has 0 radical (unpaired) electrons. The summed E-state index contributed by atoms with van der Waals surface area (Å²) in [5.41, 5.74) is 2.13. The molecule has 2 N–H and O–H groups in total. The third-order valence-corrected chi connectivity index (χ3v) is 4.08. The summed E-state index contributed by atoms with van der Waals surface area (Å²) < 4.78 is 12.6. The second kappa shape index (κ2) is 5.17. The molecule has 0 amide bonds. The Bertz CT molecular complexity index is 368.